The van der Waals surface area contributed by atoms with Crippen LogP contribution in [0.1, 0.15) is 6.92 Å². The molecule has 3 nitrogen and oxygen atoms in total. The summed E-state index contributed by atoms with van der Waals surface area (Å²) in [5.74, 6) is 0. The summed E-state index contributed by atoms with van der Waals surface area (Å²) >= 11 is 0. The normalized spacial score (nSPS) is 5.25. The molecule has 0 aromatic rings. The number of hydrogen-bond acceptors (Lipinski definition) is 3. The Morgan fingerprint density at radius 1 is 0.917 bits per heavy atom. The maximum Gasteiger partial charge on any atom is 4.00 e. The van der Waals surface area contributed by atoms with E-state index in [2.05, 4.69) is 0 Å². The molecule has 4 heteroatoms. The van der Waals surface area contributed by atoms with Gasteiger partial charge in [0.2, 0.25) is 0 Å². The van der Waals surface area contributed by atoms with E-state index in [1.165, 1.54) is 6.08 Å². The van der Waals surface area contributed by atoms with Crippen molar-refractivity contribution in [3.05, 3.63) is 24.8 Å². The molecule has 0 N–H and O–H groups in total. The molecular weight excluding hydrogens is 192 g/mol. The summed E-state index contributed by atoms with van der Waals surface area (Å²) in [6.07, 6.45) is 5.15. The summed E-state index contributed by atoms with van der Waals surface area (Å²) < 4.78 is 0. The molecule has 0 aromatic heterocycles. The van der Waals surface area contributed by atoms with E-state index in [4.69, 9.17) is 21.9 Å². The van der Waals surface area contributed by atoms with Crippen LogP contribution in [0.4, 0.5) is 0 Å². The fraction of sp³-hybridized carbons (Fsp3) is 0.500. The van der Waals surface area contributed by atoms with Crippen LogP contribution < -0.4 is 15.3 Å². The topological polar surface area (TPSA) is 69.2 Å². The van der Waals surface area contributed by atoms with Gasteiger partial charge in [-0.1, -0.05) is 6.92 Å². The van der Waals surface area contributed by atoms with Crippen LogP contribution in [0.15, 0.2) is 18.2 Å². The second-order valence-electron chi connectivity index (χ2n) is 0.718. The molecule has 70 valence electrons. The molecule has 0 aliphatic rings. The van der Waals surface area contributed by atoms with Gasteiger partial charge < -0.3 is 15.3 Å². The second kappa shape index (κ2) is 119. The SMILES string of the molecule is C[O-].C[O-].C[O-].[CH-]=CC=CC.[Ti+4]. The largest absolute Gasteiger partial charge is 4.00 e. The predicted molar refractivity (Wildman–Crippen MR) is 41.5 cm³/mol. The first-order chi connectivity index (χ1) is 5.41. The Hall–Kier alpha value is 0.0743. The van der Waals surface area contributed by atoms with E-state index in [1.54, 1.807) is 6.08 Å². The van der Waals surface area contributed by atoms with Gasteiger partial charge in [-0.15, -0.1) is 0 Å². The van der Waals surface area contributed by atoms with Crippen LogP contribution in [0, 0.1) is 6.58 Å². The second-order valence-corrected chi connectivity index (χ2v) is 0.718. The van der Waals surface area contributed by atoms with E-state index >= 15 is 0 Å². The molecule has 0 aromatic carbocycles. The summed E-state index contributed by atoms with van der Waals surface area (Å²) in [6.45, 7) is 6.85. The van der Waals surface area contributed by atoms with E-state index in [-0.39, 0.29) is 21.7 Å². The Labute approximate surface area is 90.3 Å². The van der Waals surface area contributed by atoms with E-state index < -0.39 is 0 Å². The summed E-state index contributed by atoms with van der Waals surface area (Å²) in [4.78, 5) is 0. The van der Waals surface area contributed by atoms with Crippen LogP contribution >= 0.6 is 0 Å². The fourth-order valence-corrected chi connectivity index (χ4v) is 0.111. The van der Waals surface area contributed by atoms with Gasteiger partial charge in [0.25, 0.3) is 0 Å². The van der Waals surface area contributed by atoms with Crippen LogP contribution in [0.3, 0.4) is 0 Å². The first-order valence-electron chi connectivity index (χ1n) is 2.80. The first kappa shape index (κ1) is 29.6. The Morgan fingerprint density at radius 3 is 1.17 bits per heavy atom. The molecule has 0 atom stereocenters. The van der Waals surface area contributed by atoms with Crippen LogP contribution in [0.25, 0.3) is 0 Å². The molecule has 0 rings (SSSR count). The predicted octanol–water partition coefficient (Wildman–Crippen LogP) is -1.52. The number of allylic oxidation sites excluding steroid dienone is 3. The monoisotopic (exact) mass is 208 g/mol. The molecule has 0 spiro atoms. The third kappa shape index (κ3) is 193. The van der Waals surface area contributed by atoms with Gasteiger partial charge in [0, 0.05) is 0 Å². The van der Waals surface area contributed by atoms with Gasteiger partial charge in [0.15, 0.2) is 0 Å². The first-order valence-corrected chi connectivity index (χ1v) is 2.80. The quantitative estimate of drug-likeness (QED) is 0.298. The molecule has 0 unspecified atom stereocenters. The van der Waals surface area contributed by atoms with E-state index in [0.29, 0.717) is 0 Å². The van der Waals surface area contributed by atoms with Crippen LogP contribution in [0.2, 0.25) is 0 Å². The Balaban J connectivity index is -0.0000000203. The molecule has 0 bridgehead atoms. The van der Waals surface area contributed by atoms with Crippen molar-refractivity contribution in [1.29, 1.82) is 0 Å². The Morgan fingerprint density at radius 2 is 1.17 bits per heavy atom. The van der Waals surface area contributed by atoms with Gasteiger partial charge in [0.05, 0.1) is 0 Å². The molecular formula is C8H16O3Ti. The van der Waals surface area contributed by atoms with Crippen molar-refractivity contribution >= 4 is 0 Å². The van der Waals surface area contributed by atoms with Crippen LogP contribution in [-0.2, 0) is 21.7 Å². The smallest absolute Gasteiger partial charge is 0.857 e. The van der Waals surface area contributed by atoms with E-state index in [0.717, 1.165) is 21.3 Å². The average molecular weight is 208 g/mol. The summed E-state index contributed by atoms with van der Waals surface area (Å²) in [7, 11) is 2.25. The molecule has 0 radical (unpaired) electrons. The molecule has 12 heavy (non-hydrogen) atoms. The zero-order valence-corrected chi connectivity index (χ0v) is 9.60. The summed E-state index contributed by atoms with van der Waals surface area (Å²) in [5.41, 5.74) is 0. The third-order valence-corrected chi connectivity index (χ3v) is 0.304. The minimum atomic E-state index is 0. The average Bonchev–Trinajstić information content (AvgIpc) is 2.16. The molecule has 0 aliphatic carbocycles. The molecule has 0 amide bonds. The number of hydrogen-bond donors (Lipinski definition) is 0. The van der Waals surface area contributed by atoms with Gasteiger partial charge in [-0.25, -0.2) is 12.2 Å². The Kier molecular flexibility index (Phi) is 293. The minimum absolute atomic E-state index is 0. The fourth-order valence-electron chi connectivity index (χ4n) is 0.111. The Bertz CT molecular complexity index is 56.3. The van der Waals surface area contributed by atoms with Gasteiger partial charge in [-0.3, -0.25) is 6.58 Å². The molecule has 0 saturated carbocycles. The van der Waals surface area contributed by atoms with Crippen LogP contribution in [-0.4, -0.2) is 21.3 Å². The van der Waals surface area contributed by atoms with Crippen molar-refractivity contribution in [1.82, 2.24) is 0 Å². The van der Waals surface area contributed by atoms with Gasteiger partial charge in [-0.05, 0) is 0 Å². The van der Waals surface area contributed by atoms with Gasteiger partial charge in [0.1, 0.15) is 0 Å². The van der Waals surface area contributed by atoms with Crippen molar-refractivity contribution in [2.75, 3.05) is 21.3 Å². The zero-order valence-electron chi connectivity index (χ0n) is 8.03. The zero-order chi connectivity index (χ0) is 10.1. The van der Waals surface area contributed by atoms with Crippen molar-refractivity contribution in [3.63, 3.8) is 0 Å². The maximum atomic E-state index is 8.25. The molecule has 0 aliphatic heterocycles. The standard InChI is InChI=1S/C5H7.3CH3O.Ti/c1-3-5-4-2;3*1-2;/h1,3-5H,2H3;3*1H3;/q4*-1;+4. The third-order valence-electron chi connectivity index (χ3n) is 0.304. The number of rotatable bonds is 1. The molecule has 0 fully saturated rings. The van der Waals surface area contributed by atoms with Crippen molar-refractivity contribution in [3.8, 4) is 0 Å². The van der Waals surface area contributed by atoms with Crippen molar-refractivity contribution in [2.24, 2.45) is 0 Å². The van der Waals surface area contributed by atoms with Crippen LogP contribution in [0.5, 0.6) is 0 Å². The van der Waals surface area contributed by atoms with Gasteiger partial charge >= 0.3 is 21.7 Å². The van der Waals surface area contributed by atoms with Crippen molar-refractivity contribution in [2.45, 2.75) is 6.92 Å². The molecule has 0 heterocycles. The van der Waals surface area contributed by atoms with E-state index in [1.807, 2.05) is 13.0 Å². The van der Waals surface area contributed by atoms with Gasteiger partial charge in [-0.2, -0.15) is 27.4 Å². The van der Waals surface area contributed by atoms with Crippen molar-refractivity contribution < 1.29 is 37.0 Å². The van der Waals surface area contributed by atoms with E-state index in [9.17, 15) is 0 Å². The minimum Gasteiger partial charge on any atom is -0.857 e. The summed E-state index contributed by atoms with van der Waals surface area (Å²) in [6, 6.07) is 0. The molecule has 0 saturated heterocycles. The maximum absolute atomic E-state index is 8.25. The summed E-state index contributed by atoms with van der Waals surface area (Å²) in [5, 5.41) is 24.8.